The van der Waals surface area contributed by atoms with Crippen LogP contribution in [0, 0.1) is 16.0 Å². The maximum Gasteiger partial charge on any atom is 0.272 e. The maximum atomic E-state index is 11.3. The zero-order valence-electron chi connectivity index (χ0n) is 15.0. The van der Waals surface area contributed by atoms with Gasteiger partial charge in [-0.05, 0) is 37.3 Å². The Balaban J connectivity index is 0.00000243. The first-order valence-corrected chi connectivity index (χ1v) is 9.24. The van der Waals surface area contributed by atoms with Crippen LogP contribution in [-0.2, 0) is 6.42 Å². The van der Waals surface area contributed by atoms with Crippen molar-refractivity contribution in [2.24, 2.45) is 5.92 Å². The Morgan fingerprint density at radius 3 is 2.35 bits per heavy atom. The normalized spacial score (nSPS) is 15.8. The molecule has 0 radical (unpaired) electrons. The molecule has 140 valence electrons. The minimum absolute atomic E-state index is 0. The van der Waals surface area contributed by atoms with Gasteiger partial charge in [-0.25, -0.2) is 0 Å². The van der Waals surface area contributed by atoms with Crippen LogP contribution in [0.15, 0.2) is 54.6 Å². The van der Waals surface area contributed by atoms with E-state index in [0.29, 0.717) is 6.42 Å². The fourth-order valence-electron chi connectivity index (χ4n) is 3.77. The van der Waals surface area contributed by atoms with Crippen LogP contribution in [0.25, 0.3) is 0 Å². The summed E-state index contributed by atoms with van der Waals surface area (Å²) in [7, 11) is 0. The smallest absolute Gasteiger partial charge is 0.272 e. The van der Waals surface area contributed by atoms with E-state index < -0.39 is 0 Å². The lowest BCUT2D eigenvalue weighted by Gasteiger charge is -2.26. The van der Waals surface area contributed by atoms with Crippen molar-refractivity contribution in [3.05, 3.63) is 75.8 Å². The summed E-state index contributed by atoms with van der Waals surface area (Å²) in [5, 5.41) is 15.0. The van der Waals surface area contributed by atoms with Gasteiger partial charge in [0.15, 0.2) is 0 Å². The zero-order valence-corrected chi connectivity index (χ0v) is 15.8. The first kappa shape index (κ1) is 20.4. The molecule has 1 N–H and O–H groups in total. The maximum absolute atomic E-state index is 11.3. The molecule has 1 saturated carbocycles. The van der Waals surface area contributed by atoms with Crippen LogP contribution in [0.4, 0.5) is 5.69 Å². The number of nitro groups is 1. The number of nitrogens with zero attached hydrogens (tertiary/aromatic N) is 1. The first-order chi connectivity index (χ1) is 12.2. The molecule has 1 atom stereocenters. The minimum atomic E-state index is -0.279. The quantitative estimate of drug-likeness (QED) is 0.516. The number of para-hydroxylation sites is 1. The molecule has 0 spiro atoms. The van der Waals surface area contributed by atoms with Gasteiger partial charge in [0, 0.05) is 17.7 Å². The molecule has 1 fully saturated rings. The highest BCUT2D eigenvalue weighted by molar-refractivity contribution is 5.85. The molecule has 0 amide bonds. The van der Waals surface area contributed by atoms with Crippen LogP contribution in [0.2, 0.25) is 0 Å². The second-order valence-corrected chi connectivity index (χ2v) is 6.97. The Kier molecular flexibility index (Phi) is 8.07. The highest BCUT2D eigenvalue weighted by atomic mass is 35.5. The number of rotatable bonds is 7. The Morgan fingerprint density at radius 1 is 1.00 bits per heavy atom. The van der Waals surface area contributed by atoms with Crippen molar-refractivity contribution < 1.29 is 4.92 Å². The van der Waals surface area contributed by atoms with Crippen LogP contribution < -0.4 is 5.32 Å². The average Bonchev–Trinajstić information content (AvgIpc) is 2.67. The molecule has 5 heteroatoms. The molecule has 1 aliphatic carbocycles. The van der Waals surface area contributed by atoms with Gasteiger partial charge in [-0.3, -0.25) is 10.1 Å². The van der Waals surface area contributed by atoms with Gasteiger partial charge in [0.25, 0.3) is 5.69 Å². The lowest BCUT2D eigenvalue weighted by Crippen LogP contribution is -2.30. The Labute approximate surface area is 161 Å². The predicted molar refractivity (Wildman–Crippen MR) is 108 cm³/mol. The Morgan fingerprint density at radius 2 is 1.65 bits per heavy atom. The van der Waals surface area contributed by atoms with Crippen LogP contribution in [0.5, 0.6) is 0 Å². The molecule has 2 aromatic carbocycles. The van der Waals surface area contributed by atoms with E-state index in [2.05, 4.69) is 17.4 Å². The standard InChI is InChI=1S/C21H26N2O2.ClH/c24-23(25)21-14-8-7-13-19(21)15-20(18-11-5-2-6-12-18)22-16-17-9-3-1-4-10-17;/h2,5-8,11-14,17,20,22H,1,3-4,9-10,15-16H2;1H. The van der Waals surface area contributed by atoms with Crippen molar-refractivity contribution in [1.82, 2.24) is 5.32 Å². The van der Waals surface area contributed by atoms with E-state index >= 15 is 0 Å². The van der Waals surface area contributed by atoms with Crippen molar-refractivity contribution in [3.63, 3.8) is 0 Å². The fraction of sp³-hybridized carbons (Fsp3) is 0.429. The topological polar surface area (TPSA) is 55.2 Å². The SMILES string of the molecule is Cl.O=[N+]([O-])c1ccccc1CC(NCC1CCCCC1)c1ccccc1. The van der Waals surface area contributed by atoms with Crippen molar-refractivity contribution in [2.75, 3.05) is 6.54 Å². The highest BCUT2D eigenvalue weighted by Gasteiger charge is 2.20. The zero-order chi connectivity index (χ0) is 17.5. The summed E-state index contributed by atoms with van der Waals surface area (Å²) in [5.74, 6) is 0.728. The molecule has 1 aliphatic rings. The average molecular weight is 375 g/mol. The fourth-order valence-corrected chi connectivity index (χ4v) is 3.77. The molecule has 4 nitrogen and oxygen atoms in total. The van der Waals surface area contributed by atoms with Gasteiger partial charge in [-0.2, -0.15) is 0 Å². The highest BCUT2D eigenvalue weighted by Crippen LogP contribution is 2.27. The van der Waals surface area contributed by atoms with Crippen LogP contribution in [-0.4, -0.2) is 11.5 Å². The van der Waals surface area contributed by atoms with E-state index in [1.807, 2.05) is 30.3 Å². The lowest BCUT2D eigenvalue weighted by atomic mass is 9.88. The summed E-state index contributed by atoms with van der Waals surface area (Å²) >= 11 is 0. The van der Waals surface area contributed by atoms with Gasteiger partial charge in [-0.15, -0.1) is 12.4 Å². The molecule has 2 aromatic rings. The van der Waals surface area contributed by atoms with Crippen LogP contribution in [0.1, 0.15) is 49.3 Å². The number of nitro benzene ring substituents is 1. The summed E-state index contributed by atoms with van der Waals surface area (Å²) in [6, 6.07) is 17.5. The Bertz CT molecular complexity index is 687. The summed E-state index contributed by atoms with van der Waals surface area (Å²) in [6.07, 6.45) is 7.22. The molecular weight excluding hydrogens is 348 g/mol. The molecule has 0 aromatic heterocycles. The molecule has 3 rings (SSSR count). The number of nitrogens with one attached hydrogen (secondary N) is 1. The third kappa shape index (κ3) is 5.55. The van der Waals surface area contributed by atoms with E-state index in [9.17, 15) is 10.1 Å². The third-order valence-electron chi connectivity index (χ3n) is 5.19. The van der Waals surface area contributed by atoms with Gasteiger partial charge in [0.2, 0.25) is 0 Å². The van der Waals surface area contributed by atoms with Gasteiger partial charge in [0.05, 0.1) is 4.92 Å². The molecule has 26 heavy (non-hydrogen) atoms. The van der Waals surface area contributed by atoms with Gasteiger partial charge >= 0.3 is 0 Å². The van der Waals surface area contributed by atoms with Crippen LogP contribution >= 0.6 is 12.4 Å². The van der Waals surface area contributed by atoms with Gasteiger partial charge in [-0.1, -0.05) is 67.8 Å². The van der Waals surface area contributed by atoms with Crippen molar-refractivity contribution in [3.8, 4) is 0 Å². The number of halogens is 1. The lowest BCUT2D eigenvalue weighted by molar-refractivity contribution is -0.385. The third-order valence-corrected chi connectivity index (χ3v) is 5.19. The second-order valence-electron chi connectivity index (χ2n) is 6.97. The number of benzene rings is 2. The van der Waals surface area contributed by atoms with Crippen molar-refractivity contribution >= 4 is 18.1 Å². The van der Waals surface area contributed by atoms with E-state index in [0.717, 1.165) is 18.0 Å². The second kappa shape index (κ2) is 10.3. The Hall–Kier alpha value is -1.91. The first-order valence-electron chi connectivity index (χ1n) is 9.24. The molecule has 0 saturated heterocycles. The van der Waals surface area contributed by atoms with Crippen molar-refractivity contribution in [1.29, 1.82) is 0 Å². The monoisotopic (exact) mass is 374 g/mol. The van der Waals surface area contributed by atoms with Crippen molar-refractivity contribution in [2.45, 2.75) is 44.6 Å². The molecule has 0 aliphatic heterocycles. The van der Waals surface area contributed by atoms with Crippen LogP contribution in [0.3, 0.4) is 0 Å². The number of hydrogen-bond donors (Lipinski definition) is 1. The van der Waals surface area contributed by atoms with E-state index in [-0.39, 0.29) is 29.1 Å². The van der Waals surface area contributed by atoms with E-state index in [4.69, 9.17) is 0 Å². The summed E-state index contributed by atoms with van der Waals surface area (Å²) < 4.78 is 0. The van der Waals surface area contributed by atoms with Gasteiger partial charge < -0.3 is 5.32 Å². The summed E-state index contributed by atoms with van der Waals surface area (Å²) in [4.78, 5) is 11.1. The molecule has 0 heterocycles. The molecule has 0 bridgehead atoms. The summed E-state index contributed by atoms with van der Waals surface area (Å²) in [6.45, 7) is 0.986. The predicted octanol–water partition coefficient (Wildman–Crippen LogP) is 5.47. The largest absolute Gasteiger partial charge is 0.309 e. The molecule has 1 unspecified atom stereocenters. The number of hydrogen-bond acceptors (Lipinski definition) is 3. The van der Waals surface area contributed by atoms with E-state index in [1.54, 1.807) is 12.1 Å². The van der Waals surface area contributed by atoms with Gasteiger partial charge in [0.1, 0.15) is 0 Å². The molecular formula is C21H27ClN2O2. The van der Waals surface area contributed by atoms with E-state index in [1.165, 1.54) is 37.7 Å². The summed E-state index contributed by atoms with van der Waals surface area (Å²) in [5.41, 5.74) is 2.19. The minimum Gasteiger partial charge on any atom is -0.309 e.